The van der Waals surface area contributed by atoms with Crippen molar-refractivity contribution in [2.24, 2.45) is 0 Å². The van der Waals surface area contributed by atoms with Crippen molar-refractivity contribution in [2.75, 3.05) is 11.4 Å². The molecule has 0 radical (unpaired) electrons. The maximum atomic E-state index is 12.8. The maximum Gasteiger partial charge on any atom is 0.259 e. The van der Waals surface area contributed by atoms with Crippen LogP contribution in [0.2, 0.25) is 10.0 Å². The average Bonchev–Trinajstić information content (AvgIpc) is 2.96. The lowest BCUT2D eigenvalue weighted by Crippen LogP contribution is -2.29. The van der Waals surface area contributed by atoms with Crippen molar-refractivity contribution in [2.45, 2.75) is 6.42 Å². The van der Waals surface area contributed by atoms with Gasteiger partial charge in [0.15, 0.2) is 0 Å². The first-order valence-corrected chi connectivity index (χ1v) is 8.04. The highest BCUT2D eigenvalue weighted by molar-refractivity contribution is 6.35. The quantitative estimate of drug-likeness (QED) is 0.639. The fourth-order valence-corrected chi connectivity index (χ4v) is 3.25. The second-order valence-corrected chi connectivity index (χ2v) is 6.34. The minimum absolute atomic E-state index is 0.0701. The fourth-order valence-electron chi connectivity index (χ4n) is 2.90. The van der Waals surface area contributed by atoms with Gasteiger partial charge in [0.05, 0.1) is 10.5 Å². The molecule has 0 spiro atoms. The third-order valence-corrected chi connectivity index (χ3v) is 4.61. The molecule has 0 unspecified atom stereocenters. The average molecular weight is 343 g/mol. The molecule has 0 N–H and O–H groups in total. The summed E-state index contributed by atoms with van der Waals surface area (Å²) in [4.78, 5) is 19.1. The Labute approximate surface area is 143 Å². The summed E-state index contributed by atoms with van der Waals surface area (Å²) in [5, 5.41) is 2.20. The molecule has 4 rings (SSSR count). The highest BCUT2D eigenvalue weighted by atomic mass is 35.5. The van der Waals surface area contributed by atoms with E-state index in [1.165, 1.54) is 0 Å². The van der Waals surface area contributed by atoms with Crippen LogP contribution in [0.3, 0.4) is 0 Å². The summed E-state index contributed by atoms with van der Waals surface area (Å²) in [6, 6.07) is 14.7. The van der Waals surface area contributed by atoms with Gasteiger partial charge >= 0.3 is 0 Å². The van der Waals surface area contributed by atoms with Gasteiger partial charge in [0, 0.05) is 22.5 Å². The molecule has 114 valence electrons. The number of rotatable bonds is 1. The van der Waals surface area contributed by atoms with Gasteiger partial charge in [-0.2, -0.15) is 0 Å². The molecule has 5 heteroatoms. The van der Waals surface area contributed by atoms with Crippen molar-refractivity contribution in [3.05, 3.63) is 69.7 Å². The zero-order valence-corrected chi connectivity index (χ0v) is 13.6. The lowest BCUT2D eigenvalue weighted by molar-refractivity contribution is 0.0989. The van der Waals surface area contributed by atoms with E-state index in [-0.39, 0.29) is 5.91 Å². The number of nitrogens with zero attached hydrogens (tertiary/aromatic N) is 2. The molecule has 0 fully saturated rings. The molecule has 1 aliphatic rings. The highest BCUT2D eigenvalue weighted by Gasteiger charge is 2.27. The molecule has 3 aromatic rings. The van der Waals surface area contributed by atoms with Gasteiger partial charge in [-0.05, 0) is 48.4 Å². The predicted octanol–water partition coefficient (Wildman–Crippen LogP) is 4.74. The summed E-state index contributed by atoms with van der Waals surface area (Å²) in [5.41, 5.74) is 2.40. The molecule has 0 atom stereocenters. The van der Waals surface area contributed by atoms with Crippen molar-refractivity contribution in [3.63, 3.8) is 0 Å². The number of pyridine rings is 1. The van der Waals surface area contributed by atoms with Crippen molar-refractivity contribution in [1.82, 2.24) is 4.98 Å². The molecule has 0 aliphatic carbocycles. The summed E-state index contributed by atoms with van der Waals surface area (Å²) in [5.74, 6) is 0.630. The van der Waals surface area contributed by atoms with Gasteiger partial charge in [-0.1, -0.05) is 35.3 Å². The third-order valence-electron chi connectivity index (χ3n) is 4.05. The van der Waals surface area contributed by atoms with E-state index < -0.39 is 0 Å². The summed E-state index contributed by atoms with van der Waals surface area (Å²) in [6.07, 6.45) is 0.796. The first kappa shape index (κ1) is 14.5. The molecule has 1 aliphatic heterocycles. The standard InChI is InChI=1S/C18H12Cl2N2O/c19-14-6-4-11(5-7-14)18(23)22-9-8-13-10-12-2-1-3-15(20)16(12)21-17(13)22/h1-7,10H,8-9H2. The van der Waals surface area contributed by atoms with E-state index in [1.807, 2.05) is 18.2 Å². The molecule has 0 saturated carbocycles. The molecule has 1 amide bonds. The van der Waals surface area contributed by atoms with Crippen LogP contribution in [0.15, 0.2) is 48.5 Å². The zero-order chi connectivity index (χ0) is 16.0. The van der Waals surface area contributed by atoms with Crippen LogP contribution in [0.1, 0.15) is 15.9 Å². The first-order chi connectivity index (χ1) is 11.1. The van der Waals surface area contributed by atoms with Gasteiger partial charge < -0.3 is 0 Å². The zero-order valence-electron chi connectivity index (χ0n) is 12.1. The van der Waals surface area contributed by atoms with Gasteiger partial charge in [0.1, 0.15) is 5.82 Å². The van der Waals surface area contributed by atoms with Gasteiger partial charge in [0.25, 0.3) is 5.91 Å². The Balaban J connectivity index is 1.79. The summed E-state index contributed by atoms with van der Waals surface area (Å²) >= 11 is 12.1. The number of halogens is 2. The Hall–Kier alpha value is -2.10. The van der Waals surface area contributed by atoms with Crippen LogP contribution in [0.5, 0.6) is 0 Å². The van der Waals surface area contributed by atoms with Gasteiger partial charge in [-0.25, -0.2) is 4.98 Å². The van der Waals surface area contributed by atoms with E-state index in [0.717, 1.165) is 22.9 Å². The lowest BCUT2D eigenvalue weighted by Gasteiger charge is -2.17. The Bertz CT molecular complexity index is 922. The van der Waals surface area contributed by atoms with Gasteiger partial charge in [-0.15, -0.1) is 0 Å². The van der Waals surface area contributed by atoms with E-state index >= 15 is 0 Å². The fraction of sp³-hybridized carbons (Fsp3) is 0.111. The molecule has 1 aromatic heterocycles. The van der Waals surface area contributed by atoms with Crippen LogP contribution in [0.25, 0.3) is 10.9 Å². The summed E-state index contributed by atoms with van der Waals surface area (Å²) < 4.78 is 0. The van der Waals surface area contributed by atoms with E-state index in [4.69, 9.17) is 23.2 Å². The number of carbonyl (C=O) groups is 1. The van der Waals surface area contributed by atoms with Crippen LogP contribution < -0.4 is 4.90 Å². The third kappa shape index (κ3) is 2.46. The number of fused-ring (bicyclic) bond motifs is 2. The Morgan fingerprint density at radius 2 is 1.87 bits per heavy atom. The molecule has 2 heterocycles. The van der Waals surface area contributed by atoms with Crippen LogP contribution >= 0.6 is 23.2 Å². The topological polar surface area (TPSA) is 33.2 Å². The number of carbonyl (C=O) groups excluding carboxylic acids is 1. The van der Waals surface area contributed by atoms with E-state index in [2.05, 4.69) is 11.1 Å². The van der Waals surface area contributed by atoms with Crippen molar-refractivity contribution >= 4 is 45.8 Å². The monoisotopic (exact) mass is 342 g/mol. The molecule has 23 heavy (non-hydrogen) atoms. The summed E-state index contributed by atoms with van der Waals surface area (Å²) in [6.45, 7) is 0.623. The van der Waals surface area contributed by atoms with Crippen LogP contribution in [-0.2, 0) is 6.42 Å². The number of anilines is 1. The smallest absolute Gasteiger partial charge is 0.259 e. The van der Waals surface area contributed by atoms with Crippen LogP contribution in [0, 0.1) is 0 Å². The molecule has 2 aromatic carbocycles. The Kier molecular flexibility index (Phi) is 3.47. The molecule has 0 saturated heterocycles. The van der Waals surface area contributed by atoms with Gasteiger partial charge in [-0.3, -0.25) is 9.69 Å². The molecule has 0 bridgehead atoms. The summed E-state index contributed by atoms with van der Waals surface area (Å²) in [7, 11) is 0. The molecular formula is C18H12Cl2N2O. The first-order valence-electron chi connectivity index (χ1n) is 7.29. The minimum atomic E-state index is -0.0701. The molecule has 3 nitrogen and oxygen atoms in total. The van der Waals surface area contributed by atoms with Crippen molar-refractivity contribution in [1.29, 1.82) is 0 Å². The lowest BCUT2D eigenvalue weighted by atomic mass is 10.1. The second-order valence-electron chi connectivity index (χ2n) is 5.50. The second kappa shape index (κ2) is 5.52. The number of hydrogen-bond donors (Lipinski definition) is 0. The predicted molar refractivity (Wildman–Crippen MR) is 93.6 cm³/mol. The number of amides is 1. The van der Waals surface area contributed by atoms with E-state index in [1.54, 1.807) is 29.2 Å². The normalized spacial score (nSPS) is 13.4. The SMILES string of the molecule is O=C(c1ccc(Cl)cc1)N1CCc2cc3cccc(Cl)c3nc21. The highest BCUT2D eigenvalue weighted by Crippen LogP contribution is 2.32. The van der Waals surface area contributed by atoms with Crippen LogP contribution in [0.4, 0.5) is 5.82 Å². The number of aromatic nitrogens is 1. The molecular weight excluding hydrogens is 331 g/mol. The van der Waals surface area contributed by atoms with Gasteiger partial charge in [0.2, 0.25) is 0 Å². The van der Waals surface area contributed by atoms with E-state index in [9.17, 15) is 4.79 Å². The van der Waals surface area contributed by atoms with Crippen molar-refractivity contribution < 1.29 is 4.79 Å². The Morgan fingerprint density at radius 1 is 1.09 bits per heavy atom. The Morgan fingerprint density at radius 3 is 2.65 bits per heavy atom. The largest absolute Gasteiger partial charge is 0.292 e. The van der Waals surface area contributed by atoms with Crippen molar-refractivity contribution in [3.8, 4) is 0 Å². The number of hydrogen-bond acceptors (Lipinski definition) is 2. The maximum absolute atomic E-state index is 12.8. The number of para-hydroxylation sites is 1. The minimum Gasteiger partial charge on any atom is -0.292 e. The number of benzene rings is 2. The van der Waals surface area contributed by atoms with E-state index in [0.29, 0.717) is 28.0 Å². The van der Waals surface area contributed by atoms with Crippen LogP contribution in [-0.4, -0.2) is 17.4 Å².